The number of hydrogen-bond acceptors (Lipinski definition) is 2. The van der Waals surface area contributed by atoms with Gasteiger partial charge in [-0.2, -0.15) is 0 Å². The third kappa shape index (κ3) is 1.85. The molecule has 100 valence electrons. The van der Waals surface area contributed by atoms with Crippen LogP contribution < -0.4 is 0 Å². The lowest BCUT2D eigenvalue weighted by Gasteiger charge is -2.07. The highest BCUT2D eigenvalue weighted by Gasteiger charge is 2.36. The van der Waals surface area contributed by atoms with E-state index in [1.54, 1.807) is 24.3 Å². The maximum Gasteiger partial charge on any atom is 0.195 e. The van der Waals surface area contributed by atoms with Crippen LogP contribution in [0.25, 0.3) is 5.83 Å². The highest BCUT2D eigenvalue weighted by molar-refractivity contribution is 6.17. The fourth-order valence-electron chi connectivity index (χ4n) is 2.34. The van der Waals surface area contributed by atoms with Crippen LogP contribution in [0, 0.1) is 5.82 Å². The summed E-state index contributed by atoms with van der Waals surface area (Å²) in [6.07, 6.45) is -1.29. The van der Waals surface area contributed by atoms with Gasteiger partial charge < -0.3 is 5.11 Å². The van der Waals surface area contributed by atoms with E-state index in [4.69, 9.17) is 0 Å². The smallest absolute Gasteiger partial charge is 0.195 e. The van der Waals surface area contributed by atoms with Crippen molar-refractivity contribution in [3.05, 3.63) is 76.6 Å². The summed E-state index contributed by atoms with van der Waals surface area (Å²) in [5, 5.41) is 10.1. The lowest BCUT2D eigenvalue weighted by Crippen LogP contribution is -2.02. The predicted molar refractivity (Wildman–Crippen MR) is 70.2 cm³/mol. The van der Waals surface area contributed by atoms with E-state index in [9.17, 15) is 18.7 Å². The summed E-state index contributed by atoms with van der Waals surface area (Å²) in [5.41, 5.74) is 0.469. The summed E-state index contributed by atoms with van der Waals surface area (Å²) in [6, 6.07) is 11.1. The third-order valence-corrected chi connectivity index (χ3v) is 3.35. The van der Waals surface area contributed by atoms with Gasteiger partial charge in [0.05, 0.1) is 5.57 Å². The summed E-state index contributed by atoms with van der Waals surface area (Å²) in [5.74, 6) is -1.85. The Hall–Kier alpha value is -2.33. The van der Waals surface area contributed by atoms with Crippen molar-refractivity contribution in [3.8, 4) is 0 Å². The molecule has 1 aliphatic rings. The Labute approximate surface area is 114 Å². The van der Waals surface area contributed by atoms with Crippen molar-refractivity contribution in [2.24, 2.45) is 0 Å². The van der Waals surface area contributed by atoms with Gasteiger partial charge in [-0.05, 0) is 29.8 Å². The van der Waals surface area contributed by atoms with Gasteiger partial charge in [0.1, 0.15) is 17.7 Å². The predicted octanol–water partition coefficient (Wildman–Crippen LogP) is 3.44. The van der Waals surface area contributed by atoms with E-state index in [0.29, 0.717) is 11.1 Å². The van der Waals surface area contributed by atoms with Gasteiger partial charge in [0, 0.05) is 11.1 Å². The fraction of sp³-hybridized carbons (Fsp3) is 0.0625. The molecule has 1 N–H and O–H groups in total. The zero-order valence-corrected chi connectivity index (χ0v) is 10.3. The van der Waals surface area contributed by atoms with Gasteiger partial charge >= 0.3 is 0 Å². The number of ketones is 1. The quantitative estimate of drug-likeness (QED) is 0.807. The molecule has 2 aromatic rings. The molecule has 0 bridgehead atoms. The lowest BCUT2D eigenvalue weighted by atomic mass is 10.0. The second-order valence-corrected chi connectivity index (χ2v) is 4.55. The second kappa shape index (κ2) is 4.65. The Morgan fingerprint density at radius 1 is 1.05 bits per heavy atom. The van der Waals surface area contributed by atoms with Crippen molar-refractivity contribution in [1.82, 2.24) is 0 Å². The van der Waals surface area contributed by atoms with Gasteiger partial charge in [-0.25, -0.2) is 8.78 Å². The van der Waals surface area contributed by atoms with Crippen molar-refractivity contribution in [1.29, 1.82) is 0 Å². The molecule has 0 radical (unpaired) electrons. The molecule has 1 atom stereocenters. The van der Waals surface area contributed by atoms with Crippen LogP contribution in [0.15, 0.2) is 54.1 Å². The van der Waals surface area contributed by atoms with Crippen LogP contribution >= 0.6 is 0 Å². The molecule has 1 unspecified atom stereocenters. The molecule has 0 aromatic heterocycles. The molecule has 4 heteroatoms. The number of aliphatic hydroxyl groups is 1. The number of aliphatic hydroxyl groups excluding tert-OH is 1. The average molecular weight is 272 g/mol. The first-order chi connectivity index (χ1) is 9.59. The molecule has 20 heavy (non-hydrogen) atoms. The van der Waals surface area contributed by atoms with E-state index in [-0.39, 0.29) is 11.1 Å². The van der Waals surface area contributed by atoms with Gasteiger partial charge in [0.25, 0.3) is 0 Å². The monoisotopic (exact) mass is 272 g/mol. The van der Waals surface area contributed by atoms with Gasteiger partial charge in [-0.15, -0.1) is 0 Å². The van der Waals surface area contributed by atoms with Gasteiger partial charge in [0.15, 0.2) is 5.78 Å². The molecule has 1 aliphatic carbocycles. The first-order valence-electron chi connectivity index (χ1n) is 6.07. The van der Waals surface area contributed by atoms with E-state index in [1.807, 2.05) is 0 Å². The number of halogens is 2. The maximum absolute atomic E-state index is 14.4. The van der Waals surface area contributed by atoms with Gasteiger partial charge in [0.2, 0.25) is 0 Å². The summed E-state index contributed by atoms with van der Waals surface area (Å²) in [6.45, 7) is 0. The summed E-state index contributed by atoms with van der Waals surface area (Å²) < 4.78 is 27.3. The molecule has 0 saturated carbocycles. The molecular formula is C16H10F2O2. The number of hydrogen-bond donors (Lipinski definition) is 1. The molecule has 0 spiro atoms. The third-order valence-electron chi connectivity index (χ3n) is 3.35. The average Bonchev–Trinajstić information content (AvgIpc) is 2.72. The first-order valence-corrected chi connectivity index (χ1v) is 6.07. The minimum Gasteiger partial charge on any atom is -0.383 e. The van der Waals surface area contributed by atoms with Crippen molar-refractivity contribution < 1.29 is 18.7 Å². The molecular weight excluding hydrogens is 262 g/mol. The van der Waals surface area contributed by atoms with Crippen molar-refractivity contribution in [3.63, 3.8) is 0 Å². The molecule has 0 aliphatic heterocycles. The largest absolute Gasteiger partial charge is 0.383 e. The van der Waals surface area contributed by atoms with Crippen molar-refractivity contribution in [2.45, 2.75) is 6.10 Å². The van der Waals surface area contributed by atoms with Crippen LogP contribution in [0.2, 0.25) is 0 Å². The highest BCUT2D eigenvalue weighted by atomic mass is 19.1. The fourth-order valence-corrected chi connectivity index (χ4v) is 2.34. The van der Waals surface area contributed by atoms with Crippen molar-refractivity contribution >= 4 is 11.6 Å². The van der Waals surface area contributed by atoms with Crippen molar-refractivity contribution in [2.75, 3.05) is 0 Å². The molecule has 0 amide bonds. The van der Waals surface area contributed by atoms with E-state index >= 15 is 0 Å². The highest BCUT2D eigenvalue weighted by Crippen LogP contribution is 2.40. The van der Waals surface area contributed by atoms with Gasteiger partial charge in [-0.3, -0.25) is 4.79 Å². The lowest BCUT2D eigenvalue weighted by molar-refractivity contribution is 0.101. The topological polar surface area (TPSA) is 37.3 Å². The standard InChI is InChI=1S/C16H10F2O2/c17-10-7-5-9(6-8-10)14(18)13-15(19)11-3-1-2-4-12(11)16(13)20/h1-8,15,19H. The number of Topliss-reactive ketones (excluding diaryl/α,β-unsaturated/α-hetero) is 1. The number of carbonyl (C=O) groups excluding carboxylic acids is 1. The van der Waals surface area contributed by atoms with E-state index < -0.39 is 23.5 Å². The molecule has 0 heterocycles. The number of fused-ring (bicyclic) bond motifs is 1. The Balaban J connectivity index is 2.13. The van der Waals surface area contributed by atoms with Crippen LogP contribution in [-0.4, -0.2) is 10.9 Å². The first kappa shape index (κ1) is 12.7. The Bertz CT molecular complexity index is 718. The maximum atomic E-state index is 14.4. The van der Waals surface area contributed by atoms with Crippen LogP contribution in [0.1, 0.15) is 27.6 Å². The minimum atomic E-state index is -1.29. The van der Waals surface area contributed by atoms with Crippen LogP contribution in [0.5, 0.6) is 0 Å². The van der Waals surface area contributed by atoms with E-state index in [2.05, 4.69) is 0 Å². The van der Waals surface area contributed by atoms with Gasteiger partial charge in [-0.1, -0.05) is 24.3 Å². The Kier molecular flexibility index (Phi) is 2.95. The van der Waals surface area contributed by atoms with Crippen LogP contribution in [0.3, 0.4) is 0 Å². The Morgan fingerprint density at radius 2 is 1.70 bits per heavy atom. The molecule has 3 rings (SSSR count). The minimum absolute atomic E-state index is 0.0709. The van der Waals surface area contributed by atoms with E-state index in [0.717, 1.165) is 12.1 Å². The number of rotatable bonds is 1. The van der Waals surface area contributed by atoms with Crippen LogP contribution in [0.4, 0.5) is 8.78 Å². The normalized spacial score (nSPS) is 19.9. The summed E-state index contributed by atoms with van der Waals surface area (Å²) in [7, 11) is 0. The van der Waals surface area contributed by atoms with E-state index in [1.165, 1.54) is 12.1 Å². The zero-order chi connectivity index (χ0) is 14.3. The second-order valence-electron chi connectivity index (χ2n) is 4.55. The number of benzene rings is 2. The SMILES string of the molecule is O=C1C(=C(F)c2ccc(F)cc2)C(O)c2ccccc21. The Morgan fingerprint density at radius 3 is 2.35 bits per heavy atom. The molecule has 0 fully saturated rings. The number of carbonyl (C=O) groups is 1. The molecule has 0 saturated heterocycles. The summed E-state index contributed by atoms with van der Waals surface area (Å²) >= 11 is 0. The molecule has 2 nitrogen and oxygen atoms in total. The molecule has 2 aromatic carbocycles. The van der Waals surface area contributed by atoms with Crippen LogP contribution in [-0.2, 0) is 0 Å². The zero-order valence-electron chi connectivity index (χ0n) is 10.3. The summed E-state index contributed by atoms with van der Waals surface area (Å²) in [4.78, 5) is 12.2.